The lowest BCUT2D eigenvalue weighted by Gasteiger charge is -2.47. The molecule has 0 aromatic carbocycles. The highest BCUT2D eigenvalue weighted by Gasteiger charge is 2.73. The molecule has 14 nitrogen and oxygen atoms in total. The molecule has 0 aliphatic heterocycles. The smallest absolute Gasteiger partial charge is 0.342 e. The summed E-state index contributed by atoms with van der Waals surface area (Å²) in [6.07, 6.45) is 35.6. The van der Waals surface area contributed by atoms with Crippen LogP contribution in [0, 0.1) is 0 Å². The molecule has 2 amide bonds. The third-order valence-corrected chi connectivity index (χ3v) is 16.2. The first-order valence-corrected chi connectivity index (χ1v) is 31.8. The maximum Gasteiger partial charge on any atom is 0.342 e. The van der Waals surface area contributed by atoms with Crippen LogP contribution in [0.1, 0.15) is 290 Å². The highest BCUT2D eigenvalue weighted by Crippen LogP contribution is 2.39. The largest absolute Gasteiger partial charge is 0.479 e. The molecule has 0 spiro atoms. The molecule has 15 heteroatoms. The van der Waals surface area contributed by atoms with Gasteiger partial charge in [-0.25, -0.2) is 4.79 Å². The predicted molar refractivity (Wildman–Crippen MR) is 307 cm³/mol. The maximum absolute atomic E-state index is 15.2. The van der Waals surface area contributed by atoms with Gasteiger partial charge in [-0.15, -0.1) is 0 Å². The standard InChI is InChI=1S/C60H113N3O11S/c1-4-7-10-13-16-19-22-25-28-31-34-37-40-43-53(67)59(58(72)73,63(56(70)51(61)47-65)57(71)52(62)49-75-48-50(66)46-64)60(74,54(68)44-41-38-35-32-29-26-23-20-17-14-11-8-5-2)55(69)45-42-39-36-33-30-27-24-21-18-15-12-9-6-3/h50-52,64-66,74H,4-49,61-62H2,1-3H3,(H,72,73). The fraction of sp³-hybridized carbons (Fsp3) is 0.900. The van der Waals surface area contributed by atoms with Gasteiger partial charge in [-0.3, -0.25) is 28.9 Å². The number of aliphatic carboxylic acids is 1. The van der Waals surface area contributed by atoms with Gasteiger partial charge >= 0.3 is 5.97 Å². The summed E-state index contributed by atoms with van der Waals surface area (Å²) in [6.45, 7) is 4.89. The zero-order valence-electron chi connectivity index (χ0n) is 48.0. The van der Waals surface area contributed by atoms with Crippen LogP contribution < -0.4 is 11.5 Å². The van der Waals surface area contributed by atoms with E-state index in [1.807, 2.05) is 0 Å². The predicted octanol–water partition coefficient (Wildman–Crippen LogP) is 11.8. The number of carbonyl (C=O) groups is 6. The molecule has 0 aromatic heterocycles. The van der Waals surface area contributed by atoms with Gasteiger partial charge in [0.1, 0.15) is 6.04 Å². The Hall–Kier alpha value is -2.27. The van der Waals surface area contributed by atoms with Gasteiger partial charge in [0.05, 0.1) is 25.4 Å². The molecule has 4 atom stereocenters. The second kappa shape index (κ2) is 47.7. The molecule has 0 aliphatic rings. The number of thioether (sulfide) groups is 1. The normalized spacial score (nSPS) is 13.8. The summed E-state index contributed by atoms with van der Waals surface area (Å²) in [5.74, 6) is -9.80. The number of unbranched alkanes of at least 4 members (excludes halogenated alkanes) is 36. The Labute approximate surface area is 460 Å². The van der Waals surface area contributed by atoms with Crippen LogP contribution in [-0.4, -0.2) is 120 Å². The minimum Gasteiger partial charge on any atom is -0.479 e. The van der Waals surface area contributed by atoms with E-state index in [0.717, 1.165) is 102 Å². The van der Waals surface area contributed by atoms with E-state index in [9.17, 15) is 49.5 Å². The maximum atomic E-state index is 15.2. The third-order valence-electron chi connectivity index (χ3n) is 15.0. The first kappa shape index (κ1) is 72.7. The monoisotopic (exact) mass is 1080 g/mol. The van der Waals surface area contributed by atoms with E-state index < -0.39 is 96.9 Å². The van der Waals surface area contributed by atoms with Crippen molar-refractivity contribution < 1.29 is 54.3 Å². The Morgan fingerprint density at radius 1 is 0.413 bits per heavy atom. The van der Waals surface area contributed by atoms with Gasteiger partial charge in [0.25, 0.3) is 0 Å². The second-order valence-corrected chi connectivity index (χ2v) is 22.8. The summed E-state index contributed by atoms with van der Waals surface area (Å²) in [7, 11) is 0. The van der Waals surface area contributed by atoms with Crippen LogP contribution in [0.2, 0.25) is 0 Å². The number of nitrogens with zero attached hydrogens (tertiary/aromatic N) is 1. The fourth-order valence-electron chi connectivity index (χ4n) is 10.2. The molecule has 0 saturated heterocycles. The highest BCUT2D eigenvalue weighted by molar-refractivity contribution is 7.99. The number of amides is 2. The number of carbonyl (C=O) groups excluding carboxylic acids is 5. The number of hydrogen-bond donors (Lipinski definition) is 7. The molecule has 75 heavy (non-hydrogen) atoms. The van der Waals surface area contributed by atoms with Crippen molar-refractivity contribution in [1.29, 1.82) is 0 Å². The zero-order valence-corrected chi connectivity index (χ0v) is 48.8. The minimum atomic E-state index is -3.82. The van der Waals surface area contributed by atoms with E-state index in [0.29, 0.717) is 25.7 Å². The zero-order chi connectivity index (χ0) is 56.0. The van der Waals surface area contributed by atoms with Crippen LogP contribution in [0.3, 0.4) is 0 Å². The summed E-state index contributed by atoms with van der Waals surface area (Å²) >= 11 is 0.893. The molecule has 0 radical (unpaired) electrons. The summed E-state index contributed by atoms with van der Waals surface area (Å²) in [5, 5.41) is 54.2. The van der Waals surface area contributed by atoms with Crippen molar-refractivity contribution >= 4 is 46.9 Å². The van der Waals surface area contributed by atoms with E-state index in [-0.39, 0.29) is 35.7 Å². The lowest BCUT2D eigenvalue weighted by Crippen LogP contribution is -2.81. The van der Waals surface area contributed by atoms with Crippen molar-refractivity contribution in [3.05, 3.63) is 0 Å². The number of aliphatic hydroxyl groups excluding tert-OH is 3. The van der Waals surface area contributed by atoms with Crippen LogP contribution in [0.15, 0.2) is 0 Å². The molecule has 0 fully saturated rings. The van der Waals surface area contributed by atoms with Gasteiger partial charge in [0, 0.05) is 30.8 Å². The molecule has 0 heterocycles. The number of Topliss-reactive ketones (excluding diaryl/α,β-unsaturated/α-hetero) is 3. The van der Waals surface area contributed by atoms with Gasteiger partial charge in [0.15, 0.2) is 17.3 Å². The Kier molecular flexibility index (Phi) is 46.3. The molecule has 4 unspecified atom stereocenters. The lowest BCUT2D eigenvalue weighted by molar-refractivity contribution is -0.195. The number of nitrogens with two attached hydrogens (primary N) is 2. The molecule has 0 saturated carbocycles. The van der Waals surface area contributed by atoms with Crippen LogP contribution in [-0.2, 0) is 28.8 Å². The summed E-state index contributed by atoms with van der Waals surface area (Å²) < 4.78 is 0. The van der Waals surface area contributed by atoms with Crippen molar-refractivity contribution in [2.24, 2.45) is 11.5 Å². The Morgan fingerprint density at radius 2 is 0.680 bits per heavy atom. The van der Waals surface area contributed by atoms with E-state index in [2.05, 4.69) is 20.8 Å². The molecule has 440 valence electrons. The molecule has 0 rings (SSSR count). The molecule has 0 aromatic rings. The average molecular weight is 1080 g/mol. The number of aliphatic hydroxyl groups is 4. The summed E-state index contributed by atoms with van der Waals surface area (Å²) in [4.78, 5) is 88.5. The number of imide groups is 1. The quantitative estimate of drug-likeness (QED) is 0.0221. The van der Waals surface area contributed by atoms with Crippen molar-refractivity contribution in [3.8, 4) is 0 Å². The number of ketones is 3. The molecule has 9 N–H and O–H groups in total. The minimum absolute atomic E-state index is 0.0715. The highest BCUT2D eigenvalue weighted by atomic mass is 32.2. The van der Waals surface area contributed by atoms with Crippen LogP contribution >= 0.6 is 11.8 Å². The molecule has 0 aliphatic carbocycles. The van der Waals surface area contributed by atoms with E-state index >= 15 is 4.79 Å². The number of rotatable bonds is 56. The van der Waals surface area contributed by atoms with Gasteiger partial charge < -0.3 is 37.0 Å². The van der Waals surface area contributed by atoms with E-state index in [1.54, 1.807) is 0 Å². The van der Waals surface area contributed by atoms with Crippen molar-refractivity contribution in [3.63, 3.8) is 0 Å². The van der Waals surface area contributed by atoms with Crippen LogP contribution in [0.4, 0.5) is 0 Å². The van der Waals surface area contributed by atoms with E-state index in [1.165, 1.54) is 116 Å². The molecule has 0 bridgehead atoms. The van der Waals surface area contributed by atoms with Gasteiger partial charge in [-0.2, -0.15) is 11.8 Å². The lowest BCUT2D eigenvalue weighted by atomic mass is 9.66. The molecular formula is C60H113N3O11S. The first-order chi connectivity index (χ1) is 36.2. The summed E-state index contributed by atoms with van der Waals surface area (Å²) in [5.41, 5.74) is 4.85. The number of carboxylic acids is 1. The Morgan fingerprint density at radius 3 is 0.947 bits per heavy atom. The van der Waals surface area contributed by atoms with Gasteiger partial charge in [0.2, 0.25) is 23.0 Å². The Balaban J connectivity index is 6.86. The summed E-state index contributed by atoms with van der Waals surface area (Å²) in [6, 6.07) is -3.79. The van der Waals surface area contributed by atoms with Crippen LogP contribution in [0.25, 0.3) is 0 Å². The molecular weight excluding hydrogens is 971 g/mol. The van der Waals surface area contributed by atoms with E-state index in [4.69, 9.17) is 11.5 Å². The number of hydrogen-bond acceptors (Lipinski definition) is 13. The van der Waals surface area contributed by atoms with Crippen LogP contribution in [0.5, 0.6) is 0 Å². The van der Waals surface area contributed by atoms with Crippen molar-refractivity contribution in [2.75, 3.05) is 24.7 Å². The average Bonchev–Trinajstić information content (AvgIpc) is 3.40. The first-order valence-electron chi connectivity index (χ1n) is 30.6. The van der Waals surface area contributed by atoms with Crippen molar-refractivity contribution in [1.82, 2.24) is 4.90 Å². The Bertz CT molecular complexity index is 1440. The van der Waals surface area contributed by atoms with Gasteiger partial charge in [-0.05, 0) is 19.3 Å². The third kappa shape index (κ3) is 30.1. The topological polar surface area (TPSA) is 259 Å². The fourth-order valence-corrected chi connectivity index (χ4v) is 11.1. The SMILES string of the molecule is CCCCCCCCCCCCCCCC(=O)C(O)(C(=O)CCCCCCCCCCCCCCC)C(C(=O)O)(C(=O)CCCCCCCCCCCCCCC)N(C(=O)C(N)CO)C(=O)C(N)CSCC(O)CO. The van der Waals surface area contributed by atoms with Crippen molar-refractivity contribution in [2.45, 2.75) is 320 Å². The second-order valence-electron chi connectivity index (χ2n) is 21.8. The number of carboxylic acid groups (broad SMARTS) is 1. The van der Waals surface area contributed by atoms with Gasteiger partial charge in [-0.1, -0.05) is 252 Å².